The zero-order chi connectivity index (χ0) is 12.7. The number of thiophene rings is 1. The monoisotopic (exact) mass is 273 g/mol. The molecule has 1 N–H and O–H groups in total. The van der Waals surface area contributed by atoms with Crippen molar-refractivity contribution >= 4 is 35.0 Å². The van der Waals surface area contributed by atoms with Gasteiger partial charge >= 0.3 is 5.97 Å². The quantitative estimate of drug-likeness (QED) is 0.803. The number of carbonyl (C=O) groups is 2. The van der Waals surface area contributed by atoms with Crippen LogP contribution in [0.5, 0.6) is 0 Å². The van der Waals surface area contributed by atoms with Crippen molar-refractivity contribution in [3.63, 3.8) is 0 Å². The molecule has 0 unspecified atom stereocenters. The van der Waals surface area contributed by atoms with Gasteiger partial charge in [0.15, 0.2) is 0 Å². The largest absolute Gasteiger partial charge is 0.467 e. The molecule has 6 heteroatoms. The molecule has 1 amide bonds. The topological polar surface area (TPSA) is 55.4 Å². The fraction of sp³-hybridized carbons (Fsp3) is 0.455. The lowest BCUT2D eigenvalue weighted by molar-refractivity contribution is -0.142. The second kappa shape index (κ2) is 7.34. The van der Waals surface area contributed by atoms with Crippen LogP contribution in [0.15, 0.2) is 17.5 Å². The maximum atomic E-state index is 11.8. The Morgan fingerprint density at radius 2 is 2.35 bits per heavy atom. The molecule has 0 bridgehead atoms. The minimum atomic E-state index is -0.568. The van der Waals surface area contributed by atoms with E-state index in [2.05, 4.69) is 10.1 Å². The fourth-order valence-corrected chi connectivity index (χ4v) is 2.36. The van der Waals surface area contributed by atoms with Crippen LogP contribution >= 0.6 is 23.1 Å². The summed E-state index contributed by atoms with van der Waals surface area (Å²) in [6, 6.07) is 2.96. The average Bonchev–Trinajstić information content (AvgIpc) is 2.87. The van der Waals surface area contributed by atoms with E-state index in [-0.39, 0.29) is 5.91 Å². The van der Waals surface area contributed by atoms with E-state index < -0.39 is 12.0 Å². The molecule has 0 saturated carbocycles. The van der Waals surface area contributed by atoms with Gasteiger partial charge in [0.2, 0.25) is 0 Å². The molecule has 1 atom stereocenters. The molecule has 0 aromatic carbocycles. The smallest absolute Gasteiger partial charge is 0.328 e. The lowest BCUT2D eigenvalue weighted by Gasteiger charge is -2.15. The van der Waals surface area contributed by atoms with Crippen LogP contribution in [0.3, 0.4) is 0 Å². The molecule has 4 nitrogen and oxygen atoms in total. The van der Waals surface area contributed by atoms with Crippen LogP contribution in [0, 0.1) is 0 Å². The minimum absolute atomic E-state index is 0.225. The van der Waals surface area contributed by atoms with E-state index in [9.17, 15) is 9.59 Å². The molecule has 0 radical (unpaired) electrons. The molecule has 0 saturated heterocycles. The van der Waals surface area contributed by atoms with Gasteiger partial charge in [-0.1, -0.05) is 6.07 Å². The molecule has 1 aromatic rings. The standard InChI is InChI=1S/C11H15NO3S2/c1-15-11(14)8(5-7-16-2)12-10(13)9-4-3-6-17-9/h3-4,6,8H,5,7H2,1-2H3,(H,12,13)/t8-/m0/s1. The third kappa shape index (κ3) is 4.40. The second-order valence-corrected chi connectivity index (χ2v) is 5.24. The summed E-state index contributed by atoms with van der Waals surface area (Å²) in [6.45, 7) is 0. The summed E-state index contributed by atoms with van der Waals surface area (Å²) in [6.07, 6.45) is 2.53. The fourth-order valence-electron chi connectivity index (χ4n) is 1.26. The highest BCUT2D eigenvalue weighted by molar-refractivity contribution is 7.98. The number of methoxy groups -OCH3 is 1. The maximum absolute atomic E-state index is 11.8. The van der Waals surface area contributed by atoms with Crippen molar-refractivity contribution in [1.29, 1.82) is 0 Å². The summed E-state index contributed by atoms with van der Waals surface area (Å²) < 4.78 is 4.67. The Kier molecular flexibility index (Phi) is 6.07. The Bertz CT molecular complexity index is 365. The van der Waals surface area contributed by atoms with Gasteiger partial charge in [0, 0.05) is 0 Å². The van der Waals surface area contributed by atoms with Gasteiger partial charge in [-0.15, -0.1) is 11.3 Å². The van der Waals surface area contributed by atoms with Gasteiger partial charge in [0.25, 0.3) is 5.91 Å². The zero-order valence-corrected chi connectivity index (χ0v) is 11.4. The van der Waals surface area contributed by atoms with E-state index in [4.69, 9.17) is 0 Å². The van der Waals surface area contributed by atoms with Gasteiger partial charge in [-0.05, 0) is 29.9 Å². The highest BCUT2D eigenvalue weighted by atomic mass is 32.2. The molecular formula is C11H15NO3S2. The van der Waals surface area contributed by atoms with Gasteiger partial charge in [-0.2, -0.15) is 11.8 Å². The maximum Gasteiger partial charge on any atom is 0.328 e. The van der Waals surface area contributed by atoms with Crippen molar-refractivity contribution in [1.82, 2.24) is 5.32 Å². The number of hydrogen-bond donors (Lipinski definition) is 1. The number of hydrogen-bond acceptors (Lipinski definition) is 5. The third-order valence-electron chi connectivity index (χ3n) is 2.15. The summed E-state index contributed by atoms with van der Waals surface area (Å²) in [7, 11) is 1.33. The Hall–Kier alpha value is -1.01. The molecule has 0 aliphatic rings. The van der Waals surface area contributed by atoms with Gasteiger partial charge in [-0.3, -0.25) is 4.79 Å². The molecule has 0 spiro atoms. The number of nitrogens with one attached hydrogen (secondary N) is 1. The molecule has 0 aliphatic heterocycles. The molecule has 17 heavy (non-hydrogen) atoms. The summed E-state index contributed by atoms with van der Waals surface area (Å²) in [5.41, 5.74) is 0. The first-order valence-electron chi connectivity index (χ1n) is 5.10. The van der Waals surface area contributed by atoms with Crippen LogP contribution < -0.4 is 5.32 Å². The van der Waals surface area contributed by atoms with E-state index in [1.165, 1.54) is 18.4 Å². The van der Waals surface area contributed by atoms with E-state index >= 15 is 0 Å². The summed E-state index contributed by atoms with van der Waals surface area (Å²) >= 11 is 2.97. The number of rotatable bonds is 6. The third-order valence-corrected chi connectivity index (χ3v) is 3.66. The van der Waals surface area contributed by atoms with Crippen molar-refractivity contribution in [2.45, 2.75) is 12.5 Å². The predicted molar refractivity (Wildman–Crippen MR) is 70.6 cm³/mol. The van der Waals surface area contributed by atoms with E-state index in [0.29, 0.717) is 11.3 Å². The number of esters is 1. The van der Waals surface area contributed by atoms with Crippen LogP contribution in [-0.2, 0) is 9.53 Å². The van der Waals surface area contributed by atoms with Crippen LogP contribution in [0.4, 0.5) is 0 Å². The minimum Gasteiger partial charge on any atom is -0.467 e. The number of ether oxygens (including phenoxy) is 1. The summed E-state index contributed by atoms with van der Waals surface area (Å²) in [5, 5.41) is 4.51. The molecule has 1 aromatic heterocycles. The van der Waals surface area contributed by atoms with Gasteiger partial charge in [0.1, 0.15) is 6.04 Å². The summed E-state index contributed by atoms with van der Waals surface area (Å²) in [4.78, 5) is 23.9. The number of amides is 1. The van der Waals surface area contributed by atoms with E-state index in [1.807, 2.05) is 11.6 Å². The van der Waals surface area contributed by atoms with E-state index in [1.54, 1.807) is 23.9 Å². The Labute approximate surface area is 109 Å². The van der Waals surface area contributed by atoms with Crippen molar-refractivity contribution in [2.24, 2.45) is 0 Å². The highest BCUT2D eigenvalue weighted by Crippen LogP contribution is 2.10. The molecule has 0 fully saturated rings. The predicted octanol–water partition coefficient (Wildman–Crippen LogP) is 1.77. The summed E-state index contributed by atoms with van der Waals surface area (Å²) in [5.74, 6) is 0.172. The molecule has 94 valence electrons. The Morgan fingerprint density at radius 3 is 2.88 bits per heavy atom. The second-order valence-electron chi connectivity index (χ2n) is 3.31. The SMILES string of the molecule is COC(=O)[C@H](CCSC)NC(=O)c1cccs1. The number of thioether (sulfide) groups is 1. The van der Waals surface area contributed by atoms with E-state index in [0.717, 1.165) is 5.75 Å². The van der Waals surface area contributed by atoms with Crippen LogP contribution in [0.25, 0.3) is 0 Å². The highest BCUT2D eigenvalue weighted by Gasteiger charge is 2.21. The van der Waals surface area contributed by atoms with Crippen molar-refractivity contribution < 1.29 is 14.3 Å². The van der Waals surface area contributed by atoms with Crippen LogP contribution in [0.2, 0.25) is 0 Å². The van der Waals surface area contributed by atoms with Gasteiger partial charge in [-0.25, -0.2) is 4.79 Å². The van der Waals surface area contributed by atoms with Crippen molar-refractivity contribution in [2.75, 3.05) is 19.1 Å². The van der Waals surface area contributed by atoms with Gasteiger partial charge < -0.3 is 10.1 Å². The molecule has 1 rings (SSSR count). The molecule has 0 aliphatic carbocycles. The Morgan fingerprint density at radius 1 is 1.59 bits per heavy atom. The van der Waals surface area contributed by atoms with Crippen LogP contribution in [0.1, 0.15) is 16.1 Å². The lowest BCUT2D eigenvalue weighted by atomic mass is 10.2. The normalized spacial score (nSPS) is 11.9. The van der Waals surface area contributed by atoms with Gasteiger partial charge in [0.05, 0.1) is 12.0 Å². The Balaban J connectivity index is 2.59. The lowest BCUT2D eigenvalue weighted by Crippen LogP contribution is -2.41. The first kappa shape index (κ1) is 14.1. The first-order chi connectivity index (χ1) is 8.19. The first-order valence-corrected chi connectivity index (χ1v) is 7.37. The molecular weight excluding hydrogens is 258 g/mol. The average molecular weight is 273 g/mol. The van der Waals surface area contributed by atoms with Crippen molar-refractivity contribution in [3.8, 4) is 0 Å². The number of carbonyl (C=O) groups excluding carboxylic acids is 2. The van der Waals surface area contributed by atoms with Crippen molar-refractivity contribution in [3.05, 3.63) is 22.4 Å². The van der Waals surface area contributed by atoms with Crippen LogP contribution in [-0.4, -0.2) is 37.0 Å². The zero-order valence-electron chi connectivity index (χ0n) is 9.76. The molecule has 1 heterocycles.